The van der Waals surface area contributed by atoms with Crippen LogP contribution < -0.4 is 4.90 Å². The van der Waals surface area contributed by atoms with Gasteiger partial charge in [0.15, 0.2) is 0 Å². The Morgan fingerprint density at radius 1 is 1.19 bits per heavy atom. The van der Waals surface area contributed by atoms with E-state index >= 15 is 0 Å². The lowest BCUT2D eigenvalue weighted by atomic mass is 9.77. The number of aryl methyl sites for hydroxylation is 1. The van der Waals surface area contributed by atoms with Crippen LogP contribution in [0.1, 0.15) is 65.0 Å². The van der Waals surface area contributed by atoms with Crippen molar-refractivity contribution < 1.29 is 8.42 Å². The molecule has 0 spiro atoms. The second-order valence-electron chi connectivity index (χ2n) is 8.50. The number of nitrogens with zero attached hydrogens (tertiary/aromatic N) is 3. The fourth-order valence-electron chi connectivity index (χ4n) is 4.57. The molecule has 2 aliphatic heterocycles. The Kier molecular flexibility index (Phi) is 6.16. The molecule has 5 nitrogen and oxygen atoms in total. The second-order valence-corrected chi connectivity index (χ2v) is 10.4. The van der Waals surface area contributed by atoms with Crippen molar-refractivity contribution in [2.24, 2.45) is 11.3 Å². The lowest BCUT2D eigenvalue weighted by molar-refractivity contribution is 0.0614. The van der Waals surface area contributed by atoms with Gasteiger partial charge in [0, 0.05) is 31.9 Å². The number of sulfonamides is 1. The molecule has 3 rings (SSSR count). The van der Waals surface area contributed by atoms with E-state index in [-0.39, 0.29) is 5.41 Å². The van der Waals surface area contributed by atoms with E-state index in [9.17, 15) is 8.42 Å². The Balaban J connectivity index is 1.88. The maximum absolute atomic E-state index is 13.4. The average molecular weight is 394 g/mol. The highest BCUT2D eigenvalue weighted by Gasteiger charge is 2.47. The molecular weight excluding hydrogens is 358 g/mol. The van der Waals surface area contributed by atoms with Crippen LogP contribution in [-0.2, 0) is 10.0 Å². The standard InChI is InChI=1S/C21H35N3O2S/c1-5-9-18-10-8-13-23(14-18)20-19(12-11-17(4)22-20)27(25,26)24-15-21(6-2,7-3)16-24/h11-12,18H,5-10,13-16H2,1-4H3. The summed E-state index contributed by atoms with van der Waals surface area (Å²) < 4.78 is 28.4. The number of hydrogen-bond donors (Lipinski definition) is 0. The van der Waals surface area contributed by atoms with Gasteiger partial charge in [0.1, 0.15) is 10.7 Å². The third-order valence-electron chi connectivity index (χ3n) is 6.64. The molecule has 0 bridgehead atoms. The van der Waals surface area contributed by atoms with Crippen LogP contribution in [0.5, 0.6) is 0 Å². The van der Waals surface area contributed by atoms with Crippen molar-refractivity contribution in [1.82, 2.24) is 9.29 Å². The third kappa shape index (κ3) is 4.02. The summed E-state index contributed by atoms with van der Waals surface area (Å²) in [6.45, 7) is 11.6. The average Bonchev–Trinajstić information content (AvgIpc) is 2.62. The van der Waals surface area contributed by atoms with Crippen molar-refractivity contribution in [2.75, 3.05) is 31.1 Å². The lowest BCUT2D eigenvalue weighted by Crippen LogP contribution is -2.57. The fraction of sp³-hybridized carbons (Fsp3) is 0.762. The van der Waals surface area contributed by atoms with Crippen LogP contribution in [0.3, 0.4) is 0 Å². The highest BCUT2D eigenvalue weighted by atomic mass is 32.2. The van der Waals surface area contributed by atoms with Gasteiger partial charge in [-0.25, -0.2) is 13.4 Å². The fourth-order valence-corrected chi connectivity index (χ4v) is 6.38. The number of anilines is 1. The smallest absolute Gasteiger partial charge is 0.246 e. The summed E-state index contributed by atoms with van der Waals surface area (Å²) in [4.78, 5) is 7.31. The summed E-state index contributed by atoms with van der Waals surface area (Å²) in [5.41, 5.74) is 1.03. The van der Waals surface area contributed by atoms with Crippen LogP contribution in [0.2, 0.25) is 0 Å². The summed E-state index contributed by atoms with van der Waals surface area (Å²) in [5, 5.41) is 0. The summed E-state index contributed by atoms with van der Waals surface area (Å²) in [5.74, 6) is 1.31. The van der Waals surface area contributed by atoms with Crippen molar-refractivity contribution in [3.05, 3.63) is 17.8 Å². The predicted molar refractivity (Wildman–Crippen MR) is 111 cm³/mol. The van der Waals surface area contributed by atoms with Crippen molar-refractivity contribution in [3.8, 4) is 0 Å². The molecule has 1 aromatic heterocycles. The molecule has 2 aliphatic rings. The number of pyridine rings is 1. The summed E-state index contributed by atoms with van der Waals surface area (Å²) in [6.07, 6.45) is 6.78. The Bertz CT molecular complexity index is 749. The molecule has 0 saturated carbocycles. The molecule has 0 aromatic carbocycles. The minimum Gasteiger partial charge on any atom is -0.355 e. The van der Waals surface area contributed by atoms with Crippen molar-refractivity contribution in [2.45, 2.75) is 71.1 Å². The Morgan fingerprint density at radius 3 is 2.52 bits per heavy atom. The summed E-state index contributed by atoms with van der Waals surface area (Å²) in [7, 11) is -3.49. The van der Waals surface area contributed by atoms with Gasteiger partial charge in [-0.3, -0.25) is 0 Å². The van der Waals surface area contributed by atoms with Crippen LogP contribution in [0.15, 0.2) is 17.0 Å². The lowest BCUT2D eigenvalue weighted by Gasteiger charge is -2.48. The second kappa shape index (κ2) is 8.08. The van der Waals surface area contributed by atoms with E-state index in [1.165, 1.54) is 19.3 Å². The molecule has 3 heterocycles. The molecule has 1 atom stereocenters. The van der Waals surface area contributed by atoms with Crippen LogP contribution in [0.25, 0.3) is 0 Å². The van der Waals surface area contributed by atoms with Crippen molar-refractivity contribution >= 4 is 15.8 Å². The summed E-state index contributed by atoms with van der Waals surface area (Å²) in [6, 6.07) is 3.60. The van der Waals surface area contributed by atoms with Crippen molar-refractivity contribution in [1.29, 1.82) is 0 Å². The normalized spacial score (nSPS) is 23.3. The Morgan fingerprint density at radius 2 is 1.89 bits per heavy atom. The van der Waals surface area contributed by atoms with E-state index in [0.29, 0.717) is 29.7 Å². The molecule has 0 radical (unpaired) electrons. The zero-order chi connectivity index (χ0) is 19.7. The molecule has 152 valence electrons. The van der Waals surface area contributed by atoms with E-state index in [0.717, 1.165) is 38.0 Å². The maximum atomic E-state index is 13.4. The quantitative estimate of drug-likeness (QED) is 0.696. The van der Waals surface area contributed by atoms with Crippen LogP contribution in [0.4, 0.5) is 5.82 Å². The van der Waals surface area contributed by atoms with Gasteiger partial charge in [0.25, 0.3) is 0 Å². The monoisotopic (exact) mass is 393 g/mol. The van der Waals surface area contributed by atoms with E-state index in [4.69, 9.17) is 4.98 Å². The highest BCUT2D eigenvalue weighted by molar-refractivity contribution is 7.89. The minimum atomic E-state index is -3.49. The van der Waals surface area contributed by atoms with Gasteiger partial charge in [-0.05, 0) is 62.5 Å². The van der Waals surface area contributed by atoms with Gasteiger partial charge in [0.2, 0.25) is 10.0 Å². The van der Waals surface area contributed by atoms with E-state index in [1.54, 1.807) is 10.4 Å². The topological polar surface area (TPSA) is 53.5 Å². The van der Waals surface area contributed by atoms with E-state index < -0.39 is 10.0 Å². The molecule has 0 amide bonds. The molecule has 1 unspecified atom stereocenters. The summed E-state index contributed by atoms with van der Waals surface area (Å²) >= 11 is 0. The van der Waals surface area contributed by atoms with E-state index in [2.05, 4.69) is 25.7 Å². The van der Waals surface area contributed by atoms with Crippen molar-refractivity contribution in [3.63, 3.8) is 0 Å². The molecule has 1 aromatic rings. The molecule has 2 fully saturated rings. The first-order valence-electron chi connectivity index (χ1n) is 10.6. The number of aromatic nitrogens is 1. The van der Waals surface area contributed by atoms with Gasteiger partial charge in [-0.15, -0.1) is 0 Å². The Hall–Kier alpha value is -1.14. The zero-order valence-corrected chi connectivity index (χ0v) is 18.2. The van der Waals surface area contributed by atoms with Gasteiger partial charge in [-0.2, -0.15) is 4.31 Å². The van der Waals surface area contributed by atoms with Gasteiger partial charge in [-0.1, -0.05) is 27.2 Å². The van der Waals surface area contributed by atoms with Crippen LogP contribution in [-0.4, -0.2) is 43.9 Å². The first-order valence-corrected chi connectivity index (χ1v) is 12.0. The number of piperidine rings is 1. The molecule has 6 heteroatoms. The Labute approximate surface area is 165 Å². The van der Waals surface area contributed by atoms with E-state index in [1.807, 2.05) is 13.0 Å². The number of hydrogen-bond acceptors (Lipinski definition) is 4. The van der Waals surface area contributed by atoms with Gasteiger partial charge >= 0.3 is 0 Å². The van der Waals surface area contributed by atoms with Gasteiger partial charge in [0.05, 0.1) is 0 Å². The highest BCUT2D eigenvalue weighted by Crippen LogP contribution is 2.41. The number of rotatable bonds is 7. The minimum absolute atomic E-state index is 0.155. The molecular formula is C21H35N3O2S. The third-order valence-corrected chi connectivity index (χ3v) is 8.45. The first kappa shape index (κ1) is 20.6. The SMILES string of the molecule is CCCC1CCCN(c2nc(C)ccc2S(=O)(=O)N2CC(CC)(CC)C2)C1. The molecule has 0 aliphatic carbocycles. The molecule has 0 N–H and O–H groups in total. The molecule has 2 saturated heterocycles. The first-order chi connectivity index (χ1) is 12.8. The predicted octanol–water partition coefficient (Wildman–Crippen LogP) is 4.22. The zero-order valence-electron chi connectivity index (χ0n) is 17.4. The van der Waals surface area contributed by atoms with Crippen LogP contribution in [0, 0.1) is 18.3 Å². The molecule has 27 heavy (non-hydrogen) atoms. The van der Waals surface area contributed by atoms with Gasteiger partial charge < -0.3 is 4.90 Å². The van der Waals surface area contributed by atoms with Crippen LogP contribution >= 0.6 is 0 Å². The largest absolute Gasteiger partial charge is 0.355 e. The maximum Gasteiger partial charge on any atom is 0.246 e.